The van der Waals surface area contributed by atoms with Gasteiger partial charge in [0.25, 0.3) is 0 Å². The van der Waals surface area contributed by atoms with Gasteiger partial charge < -0.3 is 14.6 Å². The fourth-order valence-corrected chi connectivity index (χ4v) is 2.06. The topological polar surface area (TPSA) is 72.8 Å². The second-order valence-electron chi connectivity index (χ2n) is 4.03. The summed E-state index contributed by atoms with van der Waals surface area (Å²) in [5.41, 5.74) is 0.569. The van der Waals surface area contributed by atoms with E-state index in [1.54, 1.807) is 24.3 Å². The van der Waals surface area contributed by atoms with Crippen molar-refractivity contribution in [2.45, 2.75) is 0 Å². The lowest BCUT2D eigenvalue weighted by Gasteiger charge is -2.17. The Labute approximate surface area is 120 Å². The highest BCUT2D eigenvalue weighted by molar-refractivity contribution is 6.49. The van der Waals surface area contributed by atoms with E-state index >= 15 is 0 Å². The van der Waals surface area contributed by atoms with Crippen molar-refractivity contribution in [3.8, 4) is 0 Å². The van der Waals surface area contributed by atoms with Crippen LogP contribution in [0.3, 0.4) is 0 Å². The molecule has 0 unspecified atom stereocenters. The predicted octanol–water partition coefficient (Wildman–Crippen LogP) is 1.54. The zero-order valence-electron chi connectivity index (χ0n) is 10.6. The van der Waals surface area contributed by atoms with Gasteiger partial charge in [-0.3, -0.25) is 9.59 Å². The van der Waals surface area contributed by atoms with Crippen LogP contribution in [-0.4, -0.2) is 43.1 Å². The Kier molecular flexibility index (Phi) is 4.89. The summed E-state index contributed by atoms with van der Waals surface area (Å²) in [7, 11) is 0. The maximum atomic E-state index is 12.2. The number of carbonyl (C=O) groups excluding carboxylic acids is 2. The van der Waals surface area contributed by atoms with Gasteiger partial charge in [-0.2, -0.15) is 0 Å². The van der Waals surface area contributed by atoms with E-state index in [1.807, 2.05) is 0 Å². The highest BCUT2D eigenvalue weighted by atomic mass is 35.5. The molecule has 0 heterocycles. The lowest BCUT2D eigenvalue weighted by Crippen LogP contribution is -2.22. The molecule has 1 N–H and O–H groups in total. The van der Waals surface area contributed by atoms with Gasteiger partial charge in [0.2, 0.25) is 11.6 Å². The molecule has 1 aromatic rings. The highest BCUT2D eigenvalue weighted by Crippen LogP contribution is 2.28. The van der Waals surface area contributed by atoms with Crippen LogP contribution in [0.4, 0.5) is 0 Å². The SMILES string of the molecule is O=C1C(Cl)=C(OCCOCCO)C(=O)c2ccccc21. The van der Waals surface area contributed by atoms with Gasteiger partial charge in [-0.15, -0.1) is 0 Å². The molecule has 0 fully saturated rings. The molecule has 0 aromatic heterocycles. The smallest absolute Gasteiger partial charge is 0.230 e. The standard InChI is InChI=1S/C14H13ClO5/c15-11-12(17)9-3-1-2-4-10(9)13(18)14(11)20-8-7-19-6-5-16/h1-4,16H,5-8H2. The monoisotopic (exact) mass is 296 g/mol. The predicted molar refractivity (Wildman–Crippen MR) is 71.8 cm³/mol. The normalized spacial score (nSPS) is 14.5. The van der Waals surface area contributed by atoms with Crippen molar-refractivity contribution in [2.24, 2.45) is 0 Å². The molecular weight excluding hydrogens is 284 g/mol. The maximum absolute atomic E-state index is 12.2. The number of aliphatic hydroxyl groups excluding tert-OH is 1. The summed E-state index contributed by atoms with van der Waals surface area (Å²) in [6.07, 6.45) is 0. The second-order valence-corrected chi connectivity index (χ2v) is 4.41. The zero-order chi connectivity index (χ0) is 14.5. The molecule has 0 amide bonds. The van der Waals surface area contributed by atoms with E-state index in [9.17, 15) is 9.59 Å². The molecule has 6 heteroatoms. The van der Waals surface area contributed by atoms with E-state index in [-0.39, 0.29) is 48.3 Å². The molecule has 0 radical (unpaired) electrons. The molecule has 1 aromatic carbocycles. The number of aliphatic hydroxyl groups is 1. The molecule has 106 valence electrons. The minimum Gasteiger partial charge on any atom is -0.485 e. The summed E-state index contributed by atoms with van der Waals surface area (Å²) in [6.45, 7) is 0.365. The molecule has 0 bridgehead atoms. The van der Waals surface area contributed by atoms with Gasteiger partial charge in [-0.05, 0) is 0 Å². The Morgan fingerprint density at radius 3 is 2.30 bits per heavy atom. The number of allylic oxidation sites excluding steroid dienone is 2. The summed E-state index contributed by atoms with van der Waals surface area (Å²) >= 11 is 5.90. The van der Waals surface area contributed by atoms with Crippen LogP contribution in [0.25, 0.3) is 0 Å². The van der Waals surface area contributed by atoms with E-state index in [4.69, 9.17) is 26.2 Å². The third-order valence-corrected chi connectivity index (χ3v) is 3.07. The molecule has 1 aliphatic rings. The minimum absolute atomic E-state index is 0.0761. The first-order valence-electron chi connectivity index (χ1n) is 6.06. The van der Waals surface area contributed by atoms with E-state index in [2.05, 4.69) is 0 Å². The highest BCUT2D eigenvalue weighted by Gasteiger charge is 2.32. The van der Waals surface area contributed by atoms with E-state index in [1.165, 1.54) is 0 Å². The Morgan fingerprint density at radius 1 is 1.00 bits per heavy atom. The zero-order valence-corrected chi connectivity index (χ0v) is 11.4. The molecule has 0 atom stereocenters. The van der Waals surface area contributed by atoms with Gasteiger partial charge >= 0.3 is 0 Å². The number of fused-ring (bicyclic) bond motifs is 1. The van der Waals surface area contributed by atoms with Crippen molar-refractivity contribution in [3.05, 3.63) is 46.2 Å². The van der Waals surface area contributed by atoms with Crippen LogP contribution in [0.5, 0.6) is 0 Å². The molecule has 1 aliphatic carbocycles. The fraction of sp³-hybridized carbons (Fsp3) is 0.286. The Bertz CT molecular complexity index is 564. The number of ketones is 2. The fourth-order valence-electron chi connectivity index (χ4n) is 1.82. The minimum atomic E-state index is -0.423. The molecule has 0 aliphatic heterocycles. The van der Waals surface area contributed by atoms with Gasteiger partial charge in [-0.25, -0.2) is 0 Å². The van der Waals surface area contributed by atoms with Crippen LogP contribution in [0, 0.1) is 0 Å². The van der Waals surface area contributed by atoms with Crippen LogP contribution >= 0.6 is 11.6 Å². The van der Waals surface area contributed by atoms with Gasteiger partial charge in [-0.1, -0.05) is 35.9 Å². The first kappa shape index (κ1) is 14.7. The van der Waals surface area contributed by atoms with Gasteiger partial charge in [0, 0.05) is 11.1 Å². The van der Waals surface area contributed by atoms with Crippen molar-refractivity contribution < 1.29 is 24.2 Å². The Balaban J connectivity index is 2.11. The van der Waals surface area contributed by atoms with Crippen molar-refractivity contribution in [2.75, 3.05) is 26.4 Å². The first-order valence-corrected chi connectivity index (χ1v) is 6.44. The summed E-state index contributed by atoms with van der Waals surface area (Å²) in [5, 5.41) is 8.34. The Morgan fingerprint density at radius 2 is 1.65 bits per heavy atom. The first-order chi connectivity index (χ1) is 9.66. The van der Waals surface area contributed by atoms with Crippen LogP contribution in [0.15, 0.2) is 35.1 Å². The molecule has 0 spiro atoms. The van der Waals surface area contributed by atoms with Crippen LogP contribution < -0.4 is 0 Å². The summed E-state index contributed by atoms with van der Waals surface area (Å²) in [6, 6.07) is 6.46. The maximum Gasteiger partial charge on any atom is 0.230 e. The molecule has 5 nitrogen and oxygen atoms in total. The molecule has 2 rings (SSSR count). The van der Waals surface area contributed by atoms with E-state index < -0.39 is 11.6 Å². The Hall–Kier alpha value is -1.69. The number of carbonyl (C=O) groups is 2. The summed E-state index contributed by atoms with van der Waals surface area (Å²) in [4.78, 5) is 24.2. The number of Topliss-reactive ketones (excluding diaryl/α,β-unsaturated/α-hetero) is 2. The number of benzene rings is 1. The summed E-state index contributed by atoms with van der Waals surface area (Å²) < 4.78 is 10.3. The molecule has 0 saturated heterocycles. The van der Waals surface area contributed by atoms with Gasteiger partial charge in [0.15, 0.2) is 5.76 Å². The van der Waals surface area contributed by atoms with Crippen LogP contribution in [0.1, 0.15) is 20.7 Å². The van der Waals surface area contributed by atoms with Crippen molar-refractivity contribution in [1.29, 1.82) is 0 Å². The second kappa shape index (κ2) is 6.65. The lowest BCUT2D eigenvalue weighted by atomic mass is 9.93. The van der Waals surface area contributed by atoms with Crippen molar-refractivity contribution in [3.63, 3.8) is 0 Å². The van der Waals surface area contributed by atoms with Gasteiger partial charge in [0.1, 0.15) is 11.6 Å². The van der Waals surface area contributed by atoms with Crippen molar-refractivity contribution >= 4 is 23.2 Å². The molecule has 0 saturated carbocycles. The number of ether oxygens (including phenoxy) is 2. The third-order valence-electron chi connectivity index (χ3n) is 2.73. The van der Waals surface area contributed by atoms with E-state index in [0.717, 1.165) is 0 Å². The lowest BCUT2D eigenvalue weighted by molar-refractivity contribution is 0.0495. The number of halogens is 1. The number of hydrogen-bond donors (Lipinski definition) is 1. The summed E-state index contributed by atoms with van der Waals surface area (Å²) in [5.74, 6) is -0.983. The average Bonchev–Trinajstić information content (AvgIpc) is 2.48. The van der Waals surface area contributed by atoms with Gasteiger partial charge in [0.05, 0.1) is 19.8 Å². The molecular formula is C14H13ClO5. The van der Waals surface area contributed by atoms with E-state index in [0.29, 0.717) is 0 Å². The number of hydrogen-bond acceptors (Lipinski definition) is 5. The van der Waals surface area contributed by atoms with Crippen LogP contribution in [0.2, 0.25) is 0 Å². The quantitative estimate of drug-likeness (QED) is 0.806. The largest absolute Gasteiger partial charge is 0.485 e. The molecule has 20 heavy (non-hydrogen) atoms. The third kappa shape index (κ3) is 2.90. The van der Waals surface area contributed by atoms with Crippen molar-refractivity contribution in [1.82, 2.24) is 0 Å². The average molecular weight is 297 g/mol. The number of rotatable bonds is 6. The van der Waals surface area contributed by atoms with Crippen LogP contribution in [-0.2, 0) is 9.47 Å².